The second kappa shape index (κ2) is 8.74. The predicted octanol–water partition coefficient (Wildman–Crippen LogP) is 5.49. The number of carbonyl (C=O) groups is 3. The fourth-order valence-electron chi connectivity index (χ4n) is 9.32. The van der Waals surface area contributed by atoms with Gasteiger partial charge in [-0.05, 0) is 81.2 Å². The van der Waals surface area contributed by atoms with Crippen LogP contribution in [0.15, 0.2) is 48.5 Å². The molecule has 222 valence electrons. The van der Waals surface area contributed by atoms with Crippen LogP contribution >= 0.6 is 0 Å². The molecule has 2 aromatic rings. The lowest BCUT2D eigenvalue weighted by Crippen LogP contribution is -2.85. The van der Waals surface area contributed by atoms with Gasteiger partial charge >= 0.3 is 6.09 Å². The van der Waals surface area contributed by atoms with Crippen LogP contribution in [0.4, 0.5) is 10.5 Å². The number of anilines is 1. The Labute approximate surface area is 247 Å². The molecule has 8 heteroatoms. The first-order chi connectivity index (χ1) is 19.8. The number of piperidine rings is 2. The van der Waals surface area contributed by atoms with Gasteiger partial charge in [0.05, 0.1) is 18.8 Å². The molecule has 8 nitrogen and oxygen atoms in total. The van der Waals surface area contributed by atoms with Gasteiger partial charge in [0.1, 0.15) is 22.4 Å². The van der Waals surface area contributed by atoms with Gasteiger partial charge in [-0.25, -0.2) is 4.79 Å². The van der Waals surface area contributed by atoms with Gasteiger partial charge in [0, 0.05) is 24.9 Å². The van der Waals surface area contributed by atoms with Crippen LogP contribution in [0.25, 0.3) is 0 Å². The van der Waals surface area contributed by atoms with Gasteiger partial charge in [-0.1, -0.05) is 44.2 Å². The Balaban J connectivity index is 1.38. The minimum Gasteiger partial charge on any atom is -0.497 e. The van der Waals surface area contributed by atoms with E-state index >= 15 is 0 Å². The van der Waals surface area contributed by atoms with Crippen molar-refractivity contribution in [3.05, 3.63) is 59.7 Å². The summed E-state index contributed by atoms with van der Waals surface area (Å²) < 4.78 is 11.4. The molecule has 0 radical (unpaired) electrons. The van der Waals surface area contributed by atoms with Gasteiger partial charge in [0.25, 0.3) is 0 Å². The highest BCUT2D eigenvalue weighted by Gasteiger charge is 2.78. The first-order valence-corrected chi connectivity index (χ1v) is 15.2. The zero-order chi connectivity index (χ0) is 29.8. The first kappa shape index (κ1) is 27.3. The minimum atomic E-state index is -0.995. The highest BCUT2D eigenvalue weighted by Crippen LogP contribution is 2.68. The molecule has 4 saturated heterocycles. The molecular weight excluding hydrogens is 530 g/mol. The van der Waals surface area contributed by atoms with E-state index in [-0.39, 0.29) is 35.8 Å². The number of nitrogens with zero attached hydrogens (tertiary/aromatic N) is 3. The van der Waals surface area contributed by atoms with Gasteiger partial charge < -0.3 is 19.3 Å². The summed E-state index contributed by atoms with van der Waals surface area (Å²) in [6.45, 7) is 11.1. The maximum Gasteiger partial charge on any atom is 0.415 e. The Hall–Kier alpha value is -3.55. The van der Waals surface area contributed by atoms with Gasteiger partial charge in [-0.15, -0.1) is 0 Å². The van der Waals surface area contributed by atoms with E-state index in [0.717, 1.165) is 29.0 Å². The molecule has 1 aliphatic carbocycles. The van der Waals surface area contributed by atoms with Crippen molar-refractivity contribution in [1.82, 2.24) is 9.80 Å². The number of rotatable bonds is 3. The van der Waals surface area contributed by atoms with Gasteiger partial charge in [-0.2, -0.15) is 0 Å². The van der Waals surface area contributed by atoms with E-state index < -0.39 is 22.1 Å². The molecule has 3 amide bonds. The third-order valence-electron chi connectivity index (χ3n) is 10.9. The molecule has 0 N–H and O–H groups in total. The first-order valence-electron chi connectivity index (χ1n) is 15.2. The summed E-state index contributed by atoms with van der Waals surface area (Å²) in [5.74, 6) is 0.677. The average Bonchev–Trinajstić information content (AvgIpc) is 3.52. The lowest BCUT2D eigenvalue weighted by atomic mass is 9.47. The zero-order valence-electron chi connectivity index (χ0n) is 25.5. The number of piperazine rings is 1. The lowest BCUT2D eigenvalue weighted by Gasteiger charge is -2.70. The molecule has 5 heterocycles. The Bertz CT molecular complexity index is 1480. The quantitative estimate of drug-likeness (QED) is 0.487. The molecule has 2 bridgehead atoms. The number of hydrogen-bond donors (Lipinski definition) is 0. The number of benzene rings is 2. The minimum absolute atomic E-state index is 0.0798. The van der Waals surface area contributed by atoms with Crippen LogP contribution in [0.1, 0.15) is 77.3 Å². The number of amides is 3. The van der Waals surface area contributed by atoms with Crippen LogP contribution in [0, 0.1) is 11.3 Å². The van der Waals surface area contributed by atoms with Crippen LogP contribution < -0.4 is 9.64 Å². The summed E-state index contributed by atoms with van der Waals surface area (Å²) in [5.41, 5.74) is -0.0844. The van der Waals surface area contributed by atoms with E-state index in [1.807, 2.05) is 77.9 Å². The predicted molar refractivity (Wildman–Crippen MR) is 158 cm³/mol. The summed E-state index contributed by atoms with van der Waals surface area (Å²) in [4.78, 5) is 49.1. The summed E-state index contributed by atoms with van der Waals surface area (Å²) in [7, 11) is 1.64. The fourth-order valence-corrected chi connectivity index (χ4v) is 9.32. The maximum absolute atomic E-state index is 14.9. The molecule has 8 rings (SSSR count). The van der Waals surface area contributed by atoms with Crippen LogP contribution in [-0.4, -0.2) is 64.1 Å². The van der Waals surface area contributed by atoms with Crippen LogP contribution in [0.5, 0.6) is 5.75 Å². The average molecular weight is 572 g/mol. The monoisotopic (exact) mass is 571 g/mol. The Morgan fingerprint density at radius 2 is 1.71 bits per heavy atom. The van der Waals surface area contributed by atoms with E-state index in [0.29, 0.717) is 32.4 Å². The zero-order valence-corrected chi connectivity index (χ0v) is 25.5. The third kappa shape index (κ3) is 3.44. The number of carbonyl (C=O) groups excluding carboxylic acids is 3. The molecule has 0 unspecified atom stereocenters. The maximum atomic E-state index is 14.9. The number of para-hydroxylation sites is 1. The standard InChI is InChI=1S/C34H41N3O5/c1-31(2,3)42-30(40)37-25-11-8-7-10-23(25)24-18-34-26(32(4,5)27(24)37)19-33(16-9-17-35(33)29(34)39)28(38)36(34)20-21-12-14-22(41-6)15-13-21/h7-8,10-15,24,26-27H,9,16-20H2,1-6H3/t24-,26+,27+,33+,34+/m0/s1. The van der Waals surface area contributed by atoms with Gasteiger partial charge in [0.2, 0.25) is 11.8 Å². The molecule has 1 saturated carbocycles. The highest BCUT2D eigenvalue weighted by molar-refractivity contribution is 6.05. The molecule has 5 atom stereocenters. The molecular formula is C34H41N3O5. The fraction of sp³-hybridized carbons (Fsp3) is 0.559. The number of methoxy groups -OCH3 is 1. The SMILES string of the molecule is COc1ccc(CN2C(=O)[C@]34CCCN3C(=O)[C@]23C[C@H]2c5ccccc5N(C(=O)OC(C)(C)C)[C@H]2C(C)(C)[C@H]3C4)cc1. The van der Waals surface area contributed by atoms with Crippen molar-refractivity contribution in [3.63, 3.8) is 0 Å². The van der Waals surface area contributed by atoms with Crippen molar-refractivity contribution in [1.29, 1.82) is 0 Å². The molecule has 5 fully saturated rings. The van der Waals surface area contributed by atoms with Gasteiger partial charge in [-0.3, -0.25) is 14.5 Å². The summed E-state index contributed by atoms with van der Waals surface area (Å²) in [5, 5.41) is 0. The van der Waals surface area contributed by atoms with Crippen molar-refractivity contribution < 1.29 is 23.9 Å². The van der Waals surface area contributed by atoms with Gasteiger partial charge in [0.15, 0.2) is 0 Å². The Morgan fingerprint density at radius 3 is 2.40 bits per heavy atom. The summed E-state index contributed by atoms with van der Waals surface area (Å²) in [6.07, 6.45) is 2.27. The lowest BCUT2D eigenvalue weighted by molar-refractivity contribution is -0.216. The Kier molecular flexibility index (Phi) is 5.68. The van der Waals surface area contributed by atoms with Crippen molar-refractivity contribution in [3.8, 4) is 5.75 Å². The van der Waals surface area contributed by atoms with Crippen LogP contribution in [0.2, 0.25) is 0 Å². The Morgan fingerprint density at radius 1 is 1.00 bits per heavy atom. The van der Waals surface area contributed by atoms with E-state index in [4.69, 9.17) is 9.47 Å². The molecule has 6 aliphatic rings. The van der Waals surface area contributed by atoms with E-state index in [1.165, 1.54) is 0 Å². The van der Waals surface area contributed by atoms with E-state index in [1.54, 1.807) is 7.11 Å². The second-order valence-electron chi connectivity index (χ2n) is 14.5. The molecule has 42 heavy (non-hydrogen) atoms. The molecule has 5 aliphatic heterocycles. The third-order valence-corrected chi connectivity index (χ3v) is 10.9. The number of fused-ring (bicyclic) bond motifs is 4. The molecule has 0 aromatic heterocycles. The van der Waals surface area contributed by atoms with Crippen molar-refractivity contribution in [2.75, 3.05) is 18.6 Å². The van der Waals surface area contributed by atoms with Crippen molar-refractivity contribution in [2.24, 2.45) is 11.3 Å². The number of hydrogen-bond acceptors (Lipinski definition) is 5. The van der Waals surface area contributed by atoms with E-state index in [2.05, 4.69) is 19.9 Å². The smallest absolute Gasteiger partial charge is 0.415 e. The molecule has 2 aromatic carbocycles. The number of ether oxygens (including phenoxy) is 2. The van der Waals surface area contributed by atoms with Crippen LogP contribution in [0.3, 0.4) is 0 Å². The van der Waals surface area contributed by atoms with Crippen molar-refractivity contribution in [2.45, 2.75) is 95.5 Å². The largest absolute Gasteiger partial charge is 0.497 e. The topological polar surface area (TPSA) is 79.4 Å². The van der Waals surface area contributed by atoms with Crippen LogP contribution in [-0.2, 0) is 20.9 Å². The van der Waals surface area contributed by atoms with E-state index in [9.17, 15) is 14.4 Å². The second-order valence-corrected chi connectivity index (χ2v) is 14.5. The normalized spacial score (nSPS) is 32.3. The molecule has 2 spiro atoms. The highest BCUT2D eigenvalue weighted by atomic mass is 16.6. The summed E-state index contributed by atoms with van der Waals surface area (Å²) in [6, 6.07) is 15.6. The summed E-state index contributed by atoms with van der Waals surface area (Å²) >= 11 is 0. The van der Waals surface area contributed by atoms with Crippen molar-refractivity contribution >= 4 is 23.6 Å².